The fraction of sp³-hybridized carbons (Fsp3) is 0.375. The van der Waals surface area contributed by atoms with Crippen molar-refractivity contribution in [2.75, 3.05) is 11.9 Å². The molecule has 2 aromatic rings. The van der Waals surface area contributed by atoms with Crippen LogP contribution in [0.3, 0.4) is 0 Å². The molecule has 0 aliphatic carbocycles. The third-order valence-electron chi connectivity index (χ3n) is 2.83. The first-order valence-electron chi connectivity index (χ1n) is 7.09. The van der Waals surface area contributed by atoms with Crippen LogP contribution >= 0.6 is 34.4 Å². The molecule has 0 aliphatic heterocycles. The topological polar surface area (TPSA) is 37.8 Å². The van der Waals surface area contributed by atoms with E-state index in [2.05, 4.69) is 65.8 Å². The lowest BCUT2D eigenvalue weighted by molar-refractivity contribution is 1.01. The Hall–Kier alpha value is -0.820. The second-order valence-corrected chi connectivity index (χ2v) is 7.55. The summed E-state index contributed by atoms with van der Waals surface area (Å²) < 4.78 is 1.08. The fourth-order valence-corrected chi connectivity index (χ4v) is 3.23. The van der Waals surface area contributed by atoms with Crippen molar-refractivity contribution in [1.29, 1.82) is 0 Å². The quantitative estimate of drug-likeness (QED) is 0.689. The molecule has 1 aromatic heterocycles. The molecule has 1 N–H and O–H groups in total. The summed E-state index contributed by atoms with van der Waals surface area (Å²) in [7, 11) is 0. The predicted molar refractivity (Wildman–Crippen MR) is 101 cm³/mol. The minimum absolute atomic E-state index is 0.579. The Kier molecular flexibility index (Phi) is 6.29. The Morgan fingerprint density at radius 2 is 1.90 bits per heavy atom. The van der Waals surface area contributed by atoms with Crippen LogP contribution in [0.1, 0.15) is 26.6 Å². The van der Waals surface area contributed by atoms with Crippen LogP contribution in [-0.2, 0) is 5.75 Å². The van der Waals surface area contributed by atoms with Gasteiger partial charge in [-0.2, -0.15) is 11.8 Å². The van der Waals surface area contributed by atoms with Gasteiger partial charge in [-0.25, -0.2) is 9.97 Å². The second-order valence-electron chi connectivity index (χ2n) is 4.91. The van der Waals surface area contributed by atoms with E-state index in [-0.39, 0.29) is 0 Å². The summed E-state index contributed by atoms with van der Waals surface area (Å²) in [6.07, 6.45) is 0. The lowest BCUT2D eigenvalue weighted by atomic mass is 10.1. The molecule has 0 fully saturated rings. The zero-order chi connectivity index (χ0) is 15.2. The lowest BCUT2D eigenvalue weighted by Gasteiger charge is -2.13. The van der Waals surface area contributed by atoms with Crippen LogP contribution in [0.5, 0.6) is 0 Å². The van der Waals surface area contributed by atoms with E-state index in [1.54, 1.807) is 0 Å². The number of halogens is 1. The highest BCUT2D eigenvalue weighted by atomic mass is 127. The monoisotopic (exact) mass is 413 g/mol. The molecule has 2 rings (SSSR count). The average molecular weight is 413 g/mol. The number of anilines is 1. The van der Waals surface area contributed by atoms with Crippen LogP contribution in [0, 0.1) is 3.57 Å². The van der Waals surface area contributed by atoms with Crippen LogP contribution < -0.4 is 5.32 Å². The molecule has 0 saturated carbocycles. The minimum atomic E-state index is 0.579. The predicted octanol–water partition coefficient (Wildman–Crippen LogP) is 4.82. The number of aromatic nitrogens is 2. The van der Waals surface area contributed by atoms with E-state index in [0.717, 1.165) is 38.8 Å². The summed E-state index contributed by atoms with van der Waals surface area (Å²) >= 11 is 4.20. The molecule has 1 aromatic carbocycles. The van der Waals surface area contributed by atoms with Gasteiger partial charge in [0.15, 0.2) is 0 Å². The molecule has 0 amide bonds. The summed E-state index contributed by atoms with van der Waals surface area (Å²) in [4.78, 5) is 9.45. The highest BCUT2D eigenvalue weighted by Crippen LogP contribution is 2.29. The van der Waals surface area contributed by atoms with Gasteiger partial charge >= 0.3 is 0 Å². The molecule has 0 radical (unpaired) electrons. The first kappa shape index (κ1) is 16.5. The van der Waals surface area contributed by atoms with Gasteiger partial charge in [0.25, 0.3) is 0 Å². The molecule has 5 heteroatoms. The molecule has 0 spiro atoms. The molecule has 112 valence electrons. The van der Waals surface area contributed by atoms with Crippen molar-refractivity contribution in [3.63, 3.8) is 0 Å². The zero-order valence-electron chi connectivity index (χ0n) is 12.6. The summed E-state index contributed by atoms with van der Waals surface area (Å²) in [6, 6.07) is 10.3. The normalized spacial score (nSPS) is 10.9. The molecular formula is C16H20IN3S. The maximum Gasteiger partial charge on any atom is 0.143 e. The zero-order valence-corrected chi connectivity index (χ0v) is 15.5. The average Bonchev–Trinajstić information content (AvgIpc) is 2.49. The molecule has 21 heavy (non-hydrogen) atoms. The maximum atomic E-state index is 4.78. The molecule has 0 aliphatic rings. The van der Waals surface area contributed by atoms with E-state index in [4.69, 9.17) is 4.98 Å². The third-order valence-corrected chi connectivity index (χ3v) is 4.95. The molecular weight excluding hydrogens is 393 g/mol. The number of rotatable bonds is 6. The van der Waals surface area contributed by atoms with Gasteiger partial charge in [0, 0.05) is 12.1 Å². The van der Waals surface area contributed by atoms with Gasteiger partial charge in [0.2, 0.25) is 0 Å². The van der Waals surface area contributed by atoms with E-state index < -0.39 is 0 Å². The summed E-state index contributed by atoms with van der Waals surface area (Å²) in [6.45, 7) is 7.34. The van der Waals surface area contributed by atoms with Gasteiger partial charge in [0.1, 0.15) is 11.6 Å². The van der Waals surface area contributed by atoms with Crippen LogP contribution in [0.4, 0.5) is 5.82 Å². The van der Waals surface area contributed by atoms with E-state index in [0.29, 0.717) is 5.25 Å². The van der Waals surface area contributed by atoms with Gasteiger partial charge in [-0.05, 0) is 34.8 Å². The molecule has 3 nitrogen and oxygen atoms in total. The minimum Gasteiger partial charge on any atom is -0.369 e. The van der Waals surface area contributed by atoms with Gasteiger partial charge in [-0.1, -0.05) is 44.2 Å². The smallest absolute Gasteiger partial charge is 0.143 e. The highest BCUT2D eigenvalue weighted by Gasteiger charge is 2.13. The van der Waals surface area contributed by atoms with Crippen LogP contribution in [-0.4, -0.2) is 21.8 Å². The SMILES string of the molecule is CCNc1nc(CSC(C)C)nc(-c2ccccc2)c1I. The van der Waals surface area contributed by atoms with Crippen molar-refractivity contribution in [2.45, 2.75) is 31.8 Å². The Morgan fingerprint density at radius 3 is 2.52 bits per heavy atom. The van der Waals surface area contributed by atoms with Gasteiger partial charge in [0.05, 0.1) is 15.0 Å². The number of nitrogens with one attached hydrogen (secondary N) is 1. The Balaban J connectivity index is 2.42. The maximum absolute atomic E-state index is 4.78. The molecule has 1 heterocycles. The number of hydrogen-bond acceptors (Lipinski definition) is 4. The van der Waals surface area contributed by atoms with E-state index in [1.165, 1.54) is 0 Å². The molecule has 0 atom stereocenters. The standard InChI is InChI=1S/C16H20IN3S/c1-4-18-16-14(17)15(12-8-6-5-7-9-12)19-13(20-16)10-21-11(2)3/h5-9,11H,4,10H2,1-3H3,(H,18,19,20). The van der Waals surface area contributed by atoms with Crippen molar-refractivity contribution in [2.24, 2.45) is 0 Å². The molecule has 0 bridgehead atoms. The van der Waals surface area contributed by atoms with Crippen LogP contribution in [0.15, 0.2) is 30.3 Å². The number of benzene rings is 1. The van der Waals surface area contributed by atoms with E-state index in [9.17, 15) is 0 Å². The first-order valence-corrected chi connectivity index (χ1v) is 9.21. The Bertz CT molecular complexity index is 588. The largest absolute Gasteiger partial charge is 0.369 e. The third kappa shape index (κ3) is 4.57. The van der Waals surface area contributed by atoms with Crippen molar-refractivity contribution in [3.8, 4) is 11.3 Å². The molecule has 0 unspecified atom stereocenters. The number of nitrogens with zero attached hydrogens (tertiary/aromatic N) is 2. The van der Waals surface area contributed by atoms with E-state index >= 15 is 0 Å². The summed E-state index contributed by atoms with van der Waals surface area (Å²) in [5.41, 5.74) is 2.15. The van der Waals surface area contributed by atoms with Crippen LogP contribution in [0.2, 0.25) is 0 Å². The van der Waals surface area contributed by atoms with E-state index in [1.807, 2.05) is 30.0 Å². The Morgan fingerprint density at radius 1 is 1.19 bits per heavy atom. The van der Waals surface area contributed by atoms with Crippen molar-refractivity contribution in [3.05, 3.63) is 39.7 Å². The summed E-state index contributed by atoms with van der Waals surface area (Å²) in [5, 5.41) is 3.93. The van der Waals surface area contributed by atoms with Crippen molar-refractivity contribution in [1.82, 2.24) is 9.97 Å². The number of hydrogen-bond donors (Lipinski definition) is 1. The lowest BCUT2D eigenvalue weighted by Crippen LogP contribution is -2.08. The van der Waals surface area contributed by atoms with Gasteiger partial charge < -0.3 is 5.32 Å². The van der Waals surface area contributed by atoms with Crippen LogP contribution in [0.25, 0.3) is 11.3 Å². The second kappa shape index (κ2) is 7.98. The molecule has 0 saturated heterocycles. The summed E-state index contributed by atoms with van der Waals surface area (Å²) in [5.74, 6) is 2.67. The highest BCUT2D eigenvalue weighted by molar-refractivity contribution is 14.1. The first-order chi connectivity index (χ1) is 10.1. The van der Waals surface area contributed by atoms with Gasteiger partial charge in [-0.15, -0.1) is 0 Å². The fourth-order valence-electron chi connectivity index (χ4n) is 1.87. The van der Waals surface area contributed by atoms with Gasteiger partial charge in [-0.3, -0.25) is 0 Å². The van der Waals surface area contributed by atoms with Crippen molar-refractivity contribution < 1.29 is 0 Å². The van der Waals surface area contributed by atoms with Crippen molar-refractivity contribution >= 4 is 40.2 Å². The Labute approximate surface area is 144 Å². The number of thioether (sulfide) groups is 1.